The predicted octanol–water partition coefficient (Wildman–Crippen LogP) is 2.70. The van der Waals surface area contributed by atoms with Gasteiger partial charge >= 0.3 is 0 Å². The fourth-order valence-corrected chi connectivity index (χ4v) is 1.14. The van der Waals surface area contributed by atoms with E-state index in [0.717, 1.165) is 0 Å². The summed E-state index contributed by atoms with van der Waals surface area (Å²) in [4.78, 5) is 0. The molecule has 0 heterocycles. The molecule has 12 heavy (non-hydrogen) atoms. The highest BCUT2D eigenvalue weighted by Crippen LogP contribution is 2.23. The maximum absolute atomic E-state index is 8.21. The van der Waals surface area contributed by atoms with E-state index in [4.69, 9.17) is 33.2 Å². The number of halogens is 2. The number of nitrogens with zero attached hydrogens (tertiary/aromatic N) is 1. The van der Waals surface area contributed by atoms with E-state index in [2.05, 4.69) is 6.07 Å². The van der Waals surface area contributed by atoms with Crippen LogP contribution in [0.2, 0.25) is 10.0 Å². The standard InChI is InChI=1S/C8H4Cl2NO/c9-6-3-7(10)5-8(4-6)12-2-1-11/h3-4H,2H2. The smallest absolute Gasteiger partial charge is 0.174 e. The van der Waals surface area contributed by atoms with Gasteiger partial charge in [0.1, 0.15) is 11.8 Å². The van der Waals surface area contributed by atoms with Crippen molar-refractivity contribution in [2.75, 3.05) is 6.61 Å². The first-order chi connectivity index (χ1) is 5.72. The fourth-order valence-electron chi connectivity index (χ4n) is 0.666. The molecule has 0 fully saturated rings. The number of hydrogen-bond acceptors (Lipinski definition) is 2. The lowest BCUT2D eigenvalue weighted by Gasteiger charge is -2.01. The third-order valence-electron chi connectivity index (χ3n) is 1.07. The molecule has 0 atom stereocenters. The van der Waals surface area contributed by atoms with Crippen LogP contribution in [-0.2, 0) is 0 Å². The molecule has 61 valence electrons. The maximum Gasteiger partial charge on any atom is 0.174 e. The van der Waals surface area contributed by atoms with Gasteiger partial charge in [-0.05, 0) is 12.1 Å². The first-order valence-corrected chi connectivity index (χ1v) is 3.86. The lowest BCUT2D eigenvalue weighted by atomic mass is 10.3. The van der Waals surface area contributed by atoms with Gasteiger partial charge in [-0.1, -0.05) is 23.2 Å². The van der Waals surface area contributed by atoms with Crippen LogP contribution in [0, 0.1) is 17.4 Å². The Bertz CT molecular complexity index is 299. The third kappa shape index (κ3) is 2.61. The summed E-state index contributed by atoms with van der Waals surface area (Å²) in [6.07, 6.45) is 0. The highest BCUT2D eigenvalue weighted by atomic mass is 35.5. The quantitative estimate of drug-likeness (QED) is 0.736. The van der Waals surface area contributed by atoms with Crippen molar-refractivity contribution in [2.45, 2.75) is 0 Å². The highest BCUT2D eigenvalue weighted by Gasteiger charge is 1.98. The minimum absolute atomic E-state index is 0.0346. The molecule has 2 nitrogen and oxygen atoms in total. The predicted molar refractivity (Wildman–Crippen MR) is 46.4 cm³/mol. The Morgan fingerprint density at radius 3 is 2.83 bits per heavy atom. The minimum atomic E-state index is -0.0346. The van der Waals surface area contributed by atoms with Gasteiger partial charge in [-0.3, -0.25) is 0 Å². The van der Waals surface area contributed by atoms with Crippen molar-refractivity contribution >= 4 is 23.2 Å². The van der Waals surface area contributed by atoms with Gasteiger partial charge < -0.3 is 4.74 Å². The molecule has 0 amide bonds. The highest BCUT2D eigenvalue weighted by molar-refractivity contribution is 6.34. The molecule has 0 aliphatic heterocycles. The van der Waals surface area contributed by atoms with E-state index in [1.807, 2.05) is 6.07 Å². The average molecular weight is 201 g/mol. The van der Waals surface area contributed by atoms with Gasteiger partial charge in [0.2, 0.25) is 0 Å². The molecule has 1 aromatic carbocycles. The van der Waals surface area contributed by atoms with Crippen LogP contribution in [0.1, 0.15) is 0 Å². The Labute approximate surface area is 80.3 Å². The summed E-state index contributed by atoms with van der Waals surface area (Å²) in [6, 6.07) is 7.61. The first kappa shape index (κ1) is 9.18. The Hall–Kier alpha value is -0.910. The zero-order valence-electron chi connectivity index (χ0n) is 5.97. The van der Waals surface area contributed by atoms with Crippen LogP contribution in [0.5, 0.6) is 5.75 Å². The maximum atomic E-state index is 8.21. The second-order valence-corrected chi connectivity index (χ2v) is 2.80. The van der Waals surface area contributed by atoms with Crippen LogP contribution in [0.15, 0.2) is 12.1 Å². The lowest BCUT2D eigenvalue weighted by Crippen LogP contribution is -1.93. The summed E-state index contributed by atoms with van der Waals surface area (Å²) in [7, 11) is 0. The third-order valence-corrected chi connectivity index (χ3v) is 1.49. The second-order valence-electron chi connectivity index (χ2n) is 1.96. The molecule has 0 N–H and O–H groups in total. The normalized spacial score (nSPS) is 9.08. The Balaban J connectivity index is 2.80. The van der Waals surface area contributed by atoms with E-state index >= 15 is 0 Å². The molecule has 0 aliphatic carbocycles. The van der Waals surface area contributed by atoms with Gasteiger partial charge in [0, 0.05) is 11.1 Å². The van der Waals surface area contributed by atoms with Crippen molar-refractivity contribution in [1.82, 2.24) is 0 Å². The molecular weight excluding hydrogens is 197 g/mol. The van der Waals surface area contributed by atoms with Crippen LogP contribution in [-0.4, -0.2) is 6.61 Å². The average Bonchev–Trinajstić information content (AvgIpc) is 1.99. The zero-order chi connectivity index (χ0) is 8.97. The van der Waals surface area contributed by atoms with Crippen LogP contribution < -0.4 is 4.74 Å². The Morgan fingerprint density at radius 1 is 1.50 bits per heavy atom. The second kappa shape index (κ2) is 4.20. The molecule has 0 bridgehead atoms. The molecule has 0 aliphatic rings. The van der Waals surface area contributed by atoms with Crippen LogP contribution in [0.3, 0.4) is 0 Å². The van der Waals surface area contributed by atoms with Crippen molar-refractivity contribution in [3.63, 3.8) is 0 Å². The molecule has 0 saturated heterocycles. The van der Waals surface area contributed by atoms with Crippen molar-refractivity contribution in [3.05, 3.63) is 28.2 Å². The minimum Gasteiger partial charge on any atom is -0.478 e. The van der Waals surface area contributed by atoms with Gasteiger partial charge in [0.25, 0.3) is 0 Å². The summed E-state index contributed by atoms with van der Waals surface area (Å²) in [5.41, 5.74) is 0. The van der Waals surface area contributed by atoms with E-state index < -0.39 is 0 Å². The molecule has 0 unspecified atom stereocenters. The van der Waals surface area contributed by atoms with Crippen LogP contribution in [0.4, 0.5) is 0 Å². The van der Waals surface area contributed by atoms with Gasteiger partial charge in [-0.2, -0.15) is 5.26 Å². The van der Waals surface area contributed by atoms with E-state index in [0.29, 0.717) is 15.8 Å². The van der Waals surface area contributed by atoms with E-state index in [1.165, 1.54) is 0 Å². The van der Waals surface area contributed by atoms with Crippen molar-refractivity contribution < 1.29 is 4.74 Å². The number of rotatable bonds is 2. The number of hydrogen-bond donors (Lipinski definition) is 0. The molecule has 1 aromatic rings. The Kier molecular flexibility index (Phi) is 3.21. The molecule has 0 spiro atoms. The number of ether oxygens (including phenoxy) is 1. The largest absolute Gasteiger partial charge is 0.478 e. The van der Waals surface area contributed by atoms with E-state index in [-0.39, 0.29) is 6.61 Å². The van der Waals surface area contributed by atoms with Gasteiger partial charge in [0.15, 0.2) is 6.61 Å². The van der Waals surface area contributed by atoms with E-state index in [1.54, 1.807) is 12.1 Å². The van der Waals surface area contributed by atoms with Crippen molar-refractivity contribution in [2.24, 2.45) is 0 Å². The fraction of sp³-hybridized carbons (Fsp3) is 0.125. The molecule has 0 aromatic heterocycles. The van der Waals surface area contributed by atoms with Crippen LogP contribution in [0.25, 0.3) is 0 Å². The monoisotopic (exact) mass is 200 g/mol. The first-order valence-electron chi connectivity index (χ1n) is 3.10. The number of benzene rings is 1. The van der Waals surface area contributed by atoms with Gasteiger partial charge in [-0.25, -0.2) is 0 Å². The number of nitriles is 1. The van der Waals surface area contributed by atoms with Crippen molar-refractivity contribution in [3.8, 4) is 11.8 Å². The lowest BCUT2D eigenvalue weighted by molar-refractivity contribution is 0.367. The van der Waals surface area contributed by atoms with Gasteiger partial charge in [0.05, 0.1) is 5.02 Å². The molecule has 0 saturated carbocycles. The van der Waals surface area contributed by atoms with E-state index in [9.17, 15) is 0 Å². The molecule has 4 heteroatoms. The van der Waals surface area contributed by atoms with Gasteiger partial charge in [-0.15, -0.1) is 0 Å². The summed E-state index contributed by atoms with van der Waals surface area (Å²) in [5.74, 6) is 0.383. The molecule has 1 radical (unpaired) electrons. The molecular formula is C8H4Cl2NO. The van der Waals surface area contributed by atoms with Crippen molar-refractivity contribution in [1.29, 1.82) is 5.26 Å². The summed E-state index contributed by atoms with van der Waals surface area (Å²) >= 11 is 11.3. The zero-order valence-corrected chi connectivity index (χ0v) is 7.49. The van der Waals surface area contributed by atoms with Crippen LogP contribution >= 0.6 is 23.2 Å². The SMILES string of the molecule is N#CCOc1[c]c(Cl)cc(Cl)c1. The Morgan fingerprint density at radius 2 is 2.25 bits per heavy atom. The summed E-state index contributed by atoms with van der Waals surface area (Å²) in [5, 5.41) is 9.05. The topological polar surface area (TPSA) is 33.0 Å². The summed E-state index contributed by atoms with van der Waals surface area (Å²) in [6.45, 7) is -0.0346. The molecule has 1 rings (SSSR count). The summed E-state index contributed by atoms with van der Waals surface area (Å²) < 4.78 is 4.93.